The topological polar surface area (TPSA) is 98.5 Å². The van der Waals surface area contributed by atoms with E-state index >= 15 is 0 Å². The first-order valence-corrected chi connectivity index (χ1v) is 8.38. The highest BCUT2D eigenvalue weighted by Crippen LogP contribution is 2.23. The van der Waals surface area contributed by atoms with Gasteiger partial charge >= 0.3 is 10.1 Å². The van der Waals surface area contributed by atoms with Crippen molar-refractivity contribution in [2.45, 2.75) is 6.54 Å². The van der Waals surface area contributed by atoms with Crippen LogP contribution >= 0.6 is 0 Å². The highest BCUT2D eigenvalue weighted by atomic mass is 32.2. The minimum Gasteiger partial charge on any atom is -0.399 e. The lowest BCUT2D eigenvalue weighted by Gasteiger charge is -2.11. The fourth-order valence-electron chi connectivity index (χ4n) is 1.87. The molecule has 122 valence electrons. The molecule has 0 heterocycles. The van der Waals surface area contributed by atoms with Gasteiger partial charge in [-0.1, -0.05) is 18.2 Å². The maximum atomic E-state index is 13.5. The minimum absolute atomic E-state index is 0.0130. The standard InChI is InChI=1S/C15H15FN2O4S/c1-23(20,21)22-14-8-11(17)6-7-12(14)15(19)18-9-10-4-2-3-5-13(10)16/h2-8H,9,17H2,1H3,(H,18,19). The van der Waals surface area contributed by atoms with Crippen LogP contribution in [0.2, 0.25) is 0 Å². The number of amides is 1. The molecule has 0 fully saturated rings. The Morgan fingerprint density at radius 1 is 1.26 bits per heavy atom. The average Bonchev–Trinajstić information content (AvgIpc) is 2.44. The van der Waals surface area contributed by atoms with Crippen LogP contribution in [0.4, 0.5) is 10.1 Å². The predicted octanol–water partition coefficient (Wildman–Crippen LogP) is 1.68. The predicted molar refractivity (Wildman–Crippen MR) is 83.9 cm³/mol. The van der Waals surface area contributed by atoms with E-state index in [0.717, 1.165) is 6.26 Å². The van der Waals surface area contributed by atoms with Gasteiger partial charge in [-0.25, -0.2) is 4.39 Å². The van der Waals surface area contributed by atoms with Crippen molar-refractivity contribution < 1.29 is 21.8 Å². The summed E-state index contributed by atoms with van der Waals surface area (Å²) in [7, 11) is -3.82. The molecule has 6 nitrogen and oxygen atoms in total. The average molecular weight is 338 g/mol. The van der Waals surface area contributed by atoms with Gasteiger partial charge < -0.3 is 15.2 Å². The number of anilines is 1. The largest absolute Gasteiger partial charge is 0.399 e. The van der Waals surface area contributed by atoms with Gasteiger partial charge in [-0.15, -0.1) is 0 Å². The van der Waals surface area contributed by atoms with Crippen LogP contribution in [0.3, 0.4) is 0 Å². The Balaban J connectivity index is 2.20. The Kier molecular flexibility index (Phi) is 4.85. The van der Waals surface area contributed by atoms with Crippen LogP contribution in [0, 0.1) is 5.82 Å². The fraction of sp³-hybridized carbons (Fsp3) is 0.133. The lowest BCUT2D eigenvalue weighted by molar-refractivity contribution is 0.0949. The Morgan fingerprint density at radius 3 is 2.61 bits per heavy atom. The maximum Gasteiger partial charge on any atom is 0.306 e. The van der Waals surface area contributed by atoms with Crippen LogP contribution in [0.5, 0.6) is 5.75 Å². The number of halogens is 1. The molecule has 23 heavy (non-hydrogen) atoms. The molecule has 0 saturated heterocycles. The van der Waals surface area contributed by atoms with E-state index < -0.39 is 21.8 Å². The van der Waals surface area contributed by atoms with Gasteiger partial charge in [-0.3, -0.25) is 4.79 Å². The van der Waals surface area contributed by atoms with Crippen LogP contribution < -0.4 is 15.2 Å². The van der Waals surface area contributed by atoms with Gasteiger partial charge in [0, 0.05) is 23.9 Å². The zero-order valence-electron chi connectivity index (χ0n) is 12.2. The molecule has 0 spiro atoms. The molecule has 0 bridgehead atoms. The number of hydrogen-bond acceptors (Lipinski definition) is 5. The molecule has 2 aromatic rings. The van der Waals surface area contributed by atoms with Crippen molar-refractivity contribution in [2.24, 2.45) is 0 Å². The highest BCUT2D eigenvalue weighted by Gasteiger charge is 2.17. The van der Waals surface area contributed by atoms with Crippen LogP contribution in [-0.2, 0) is 16.7 Å². The first-order valence-electron chi connectivity index (χ1n) is 6.57. The van der Waals surface area contributed by atoms with E-state index in [1.54, 1.807) is 12.1 Å². The second-order valence-electron chi connectivity index (χ2n) is 4.82. The van der Waals surface area contributed by atoms with E-state index in [2.05, 4.69) is 5.32 Å². The van der Waals surface area contributed by atoms with Gasteiger partial charge in [0.15, 0.2) is 5.75 Å². The SMILES string of the molecule is CS(=O)(=O)Oc1cc(N)ccc1C(=O)NCc1ccccc1F. The fourth-order valence-corrected chi connectivity index (χ4v) is 2.34. The summed E-state index contributed by atoms with van der Waals surface area (Å²) in [6.07, 6.45) is 0.858. The summed E-state index contributed by atoms with van der Waals surface area (Å²) < 4.78 is 40.8. The molecule has 0 aromatic heterocycles. The Bertz CT molecular complexity index is 837. The number of carbonyl (C=O) groups excluding carboxylic acids is 1. The van der Waals surface area contributed by atoms with E-state index in [4.69, 9.17) is 9.92 Å². The second-order valence-corrected chi connectivity index (χ2v) is 6.39. The third-order valence-electron chi connectivity index (χ3n) is 2.89. The van der Waals surface area contributed by atoms with Gasteiger partial charge in [-0.05, 0) is 18.2 Å². The van der Waals surface area contributed by atoms with Crippen molar-refractivity contribution in [1.82, 2.24) is 5.32 Å². The van der Waals surface area contributed by atoms with Gasteiger partial charge in [0.2, 0.25) is 0 Å². The molecule has 0 atom stereocenters. The van der Waals surface area contributed by atoms with Crippen LogP contribution in [0.15, 0.2) is 42.5 Å². The first kappa shape index (κ1) is 16.8. The summed E-state index contributed by atoms with van der Waals surface area (Å²) in [5.74, 6) is -1.23. The molecule has 0 radical (unpaired) electrons. The summed E-state index contributed by atoms with van der Waals surface area (Å²) >= 11 is 0. The van der Waals surface area contributed by atoms with Gasteiger partial charge in [0.1, 0.15) is 5.82 Å². The number of carbonyl (C=O) groups is 1. The maximum absolute atomic E-state index is 13.5. The molecule has 1 amide bonds. The summed E-state index contributed by atoms with van der Waals surface area (Å²) in [5, 5.41) is 2.51. The molecular weight excluding hydrogens is 323 g/mol. The number of nitrogens with two attached hydrogens (primary N) is 1. The van der Waals surface area contributed by atoms with Crippen LogP contribution in [-0.4, -0.2) is 20.6 Å². The third kappa shape index (κ3) is 4.68. The third-order valence-corrected chi connectivity index (χ3v) is 3.37. The number of rotatable bonds is 5. The van der Waals surface area contributed by atoms with E-state index in [-0.39, 0.29) is 23.5 Å². The lowest BCUT2D eigenvalue weighted by Crippen LogP contribution is -2.24. The molecule has 0 saturated carbocycles. The van der Waals surface area contributed by atoms with Gasteiger partial charge in [0.25, 0.3) is 5.91 Å². The molecule has 8 heteroatoms. The van der Waals surface area contributed by atoms with E-state index in [1.807, 2.05) is 0 Å². The monoisotopic (exact) mass is 338 g/mol. The molecule has 2 rings (SSSR count). The summed E-state index contributed by atoms with van der Waals surface area (Å²) in [4.78, 5) is 12.2. The first-order chi connectivity index (χ1) is 10.8. The molecular formula is C15H15FN2O4S. The Labute approximate surface area is 133 Å². The smallest absolute Gasteiger partial charge is 0.306 e. The van der Waals surface area contributed by atoms with Crippen molar-refractivity contribution in [3.8, 4) is 5.75 Å². The highest BCUT2D eigenvalue weighted by molar-refractivity contribution is 7.86. The number of nitrogens with one attached hydrogen (secondary N) is 1. The molecule has 0 unspecified atom stereocenters. The van der Waals surface area contributed by atoms with Crippen molar-refractivity contribution in [2.75, 3.05) is 12.0 Å². The normalized spacial score (nSPS) is 11.0. The molecule has 0 aliphatic heterocycles. The zero-order valence-corrected chi connectivity index (χ0v) is 13.1. The summed E-state index contributed by atoms with van der Waals surface area (Å²) in [6.45, 7) is -0.0474. The van der Waals surface area contributed by atoms with Crippen molar-refractivity contribution >= 4 is 21.7 Å². The minimum atomic E-state index is -3.82. The molecule has 0 aliphatic rings. The number of hydrogen-bond donors (Lipinski definition) is 2. The van der Waals surface area contributed by atoms with Crippen LogP contribution in [0.1, 0.15) is 15.9 Å². The Hall–Kier alpha value is -2.61. The lowest BCUT2D eigenvalue weighted by atomic mass is 10.1. The summed E-state index contributed by atoms with van der Waals surface area (Å²) in [5.41, 5.74) is 6.11. The Morgan fingerprint density at radius 2 is 1.96 bits per heavy atom. The number of benzene rings is 2. The van der Waals surface area contributed by atoms with Crippen molar-refractivity contribution in [3.63, 3.8) is 0 Å². The molecule has 3 N–H and O–H groups in total. The van der Waals surface area contributed by atoms with Gasteiger partial charge in [0.05, 0.1) is 11.8 Å². The molecule has 2 aromatic carbocycles. The van der Waals surface area contributed by atoms with Crippen molar-refractivity contribution in [3.05, 3.63) is 59.4 Å². The zero-order chi connectivity index (χ0) is 17.0. The second kappa shape index (κ2) is 6.66. The van der Waals surface area contributed by atoms with Crippen molar-refractivity contribution in [1.29, 1.82) is 0 Å². The van der Waals surface area contributed by atoms with E-state index in [9.17, 15) is 17.6 Å². The number of nitrogen functional groups attached to an aromatic ring is 1. The quantitative estimate of drug-likeness (QED) is 0.638. The van der Waals surface area contributed by atoms with Crippen LogP contribution in [0.25, 0.3) is 0 Å². The van der Waals surface area contributed by atoms with Gasteiger partial charge in [-0.2, -0.15) is 8.42 Å². The summed E-state index contributed by atoms with van der Waals surface area (Å²) in [6, 6.07) is 10.0. The van der Waals surface area contributed by atoms with E-state index in [1.165, 1.54) is 30.3 Å². The molecule has 0 aliphatic carbocycles. The van der Waals surface area contributed by atoms with E-state index in [0.29, 0.717) is 5.56 Å².